The first kappa shape index (κ1) is 14.2. The highest BCUT2D eigenvalue weighted by Gasteiger charge is 2.28. The van der Waals surface area contributed by atoms with Crippen molar-refractivity contribution in [2.45, 2.75) is 4.90 Å². The Morgan fingerprint density at radius 1 is 1.05 bits per heavy atom. The van der Waals surface area contributed by atoms with Gasteiger partial charge in [0.2, 0.25) is 10.0 Å². The molecule has 0 N–H and O–H groups in total. The molecule has 1 aliphatic rings. The van der Waals surface area contributed by atoms with Crippen LogP contribution in [0.3, 0.4) is 0 Å². The molecular weight excluding hydrogens is 314 g/mol. The summed E-state index contributed by atoms with van der Waals surface area (Å²) < 4.78 is 27.2. The van der Waals surface area contributed by atoms with Crippen LogP contribution in [0.5, 0.6) is 0 Å². The number of nitrogens with zero attached hydrogens (tertiary/aromatic N) is 1. The molecule has 1 heterocycles. The van der Waals surface area contributed by atoms with Crippen molar-refractivity contribution in [3.8, 4) is 0 Å². The Morgan fingerprint density at radius 2 is 1.70 bits per heavy atom. The monoisotopic (exact) mass is 327 g/mol. The molecule has 1 aliphatic heterocycles. The lowest BCUT2D eigenvalue weighted by molar-refractivity contribution is 0.444. The summed E-state index contributed by atoms with van der Waals surface area (Å²) in [4.78, 5) is 0.313. The van der Waals surface area contributed by atoms with Crippen LogP contribution in [-0.4, -0.2) is 37.3 Å². The summed E-state index contributed by atoms with van der Waals surface area (Å²) in [6, 6.07) is 10.7. The molecule has 0 aliphatic carbocycles. The van der Waals surface area contributed by atoms with Gasteiger partial charge in [-0.15, -0.1) is 0 Å². The van der Waals surface area contributed by atoms with Crippen LogP contribution in [0.1, 0.15) is 0 Å². The van der Waals surface area contributed by atoms with E-state index >= 15 is 0 Å². The van der Waals surface area contributed by atoms with Crippen LogP contribution < -0.4 is 0 Å². The second-order valence-corrected chi connectivity index (χ2v) is 8.15. The van der Waals surface area contributed by atoms with Crippen molar-refractivity contribution in [3.63, 3.8) is 0 Å². The second kappa shape index (κ2) is 5.56. The quantitative estimate of drug-likeness (QED) is 0.850. The minimum Gasteiger partial charge on any atom is -0.207 e. The molecule has 0 amide bonds. The molecular formula is C14H14ClNO2S2. The van der Waals surface area contributed by atoms with E-state index in [1.165, 1.54) is 0 Å². The summed E-state index contributed by atoms with van der Waals surface area (Å²) >= 11 is 8.00. The zero-order valence-electron chi connectivity index (χ0n) is 10.8. The SMILES string of the molecule is O=S(=O)(c1cccc2cccc(Cl)c12)N1CCSCC1. The molecule has 3 nitrogen and oxygen atoms in total. The molecule has 106 valence electrons. The van der Waals surface area contributed by atoms with E-state index in [1.807, 2.05) is 18.2 Å². The van der Waals surface area contributed by atoms with Crippen molar-refractivity contribution >= 4 is 44.2 Å². The van der Waals surface area contributed by atoms with Crippen LogP contribution in [0.15, 0.2) is 41.3 Å². The van der Waals surface area contributed by atoms with Gasteiger partial charge < -0.3 is 0 Å². The van der Waals surface area contributed by atoms with Crippen LogP contribution in [-0.2, 0) is 10.0 Å². The number of hydrogen-bond donors (Lipinski definition) is 0. The Kier molecular flexibility index (Phi) is 3.95. The zero-order valence-corrected chi connectivity index (χ0v) is 13.1. The fourth-order valence-electron chi connectivity index (χ4n) is 2.40. The normalized spacial score (nSPS) is 17.4. The van der Waals surface area contributed by atoms with E-state index in [9.17, 15) is 8.42 Å². The molecule has 0 radical (unpaired) electrons. The lowest BCUT2D eigenvalue weighted by Crippen LogP contribution is -2.37. The molecule has 0 unspecified atom stereocenters. The predicted molar refractivity (Wildman–Crippen MR) is 85.0 cm³/mol. The average molecular weight is 328 g/mol. The summed E-state index contributed by atoms with van der Waals surface area (Å²) in [6.45, 7) is 1.13. The van der Waals surface area contributed by atoms with E-state index in [0.29, 0.717) is 28.4 Å². The van der Waals surface area contributed by atoms with E-state index in [4.69, 9.17) is 11.6 Å². The Morgan fingerprint density at radius 3 is 2.40 bits per heavy atom. The molecule has 2 aromatic carbocycles. The maximum absolute atomic E-state index is 12.8. The van der Waals surface area contributed by atoms with Gasteiger partial charge in [-0.2, -0.15) is 16.1 Å². The largest absolute Gasteiger partial charge is 0.243 e. The predicted octanol–water partition coefficient (Wildman–Crippen LogP) is 3.23. The van der Waals surface area contributed by atoms with Crippen molar-refractivity contribution in [2.75, 3.05) is 24.6 Å². The number of benzene rings is 2. The van der Waals surface area contributed by atoms with Gasteiger partial charge in [0.25, 0.3) is 0 Å². The summed E-state index contributed by atoms with van der Waals surface area (Å²) in [5.74, 6) is 1.69. The number of fused-ring (bicyclic) bond motifs is 1. The molecule has 1 saturated heterocycles. The number of rotatable bonds is 2. The smallest absolute Gasteiger partial charge is 0.207 e. The van der Waals surface area contributed by atoms with Gasteiger partial charge >= 0.3 is 0 Å². The third-order valence-corrected chi connectivity index (χ3v) is 6.60. The van der Waals surface area contributed by atoms with Gasteiger partial charge in [0.1, 0.15) is 0 Å². The number of thioether (sulfide) groups is 1. The van der Waals surface area contributed by atoms with Crippen molar-refractivity contribution in [3.05, 3.63) is 41.4 Å². The van der Waals surface area contributed by atoms with Crippen LogP contribution >= 0.6 is 23.4 Å². The fourth-order valence-corrected chi connectivity index (χ4v) is 5.55. The first-order chi connectivity index (χ1) is 9.60. The molecule has 1 fully saturated rings. The Hall–Kier alpha value is -0.750. The van der Waals surface area contributed by atoms with Crippen LogP contribution in [0, 0.1) is 0 Å². The lowest BCUT2D eigenvalue weighted by Gasteiger charge is -2.26. The molecule has 20 heavy (non-hydrogen) atoms. The first-order valence-electron chi connectivity index (χ1n) is 6.36. The number of hydrogen-bond acceptors (Lipinski definition) is 3. The molecule has 2 aromatic rings. The van der Waals surface area contributed by atoms with E-state index in [2.05, 4.69) is 0 Å². The summed E-state index contributed by atoms with van der Waals surface area (Å²) in [7, 11) is -3.48. The van der Waals surface area contributed by atoms with Gasteiger partial charge in [-0.05, 0) is 17.5 Å². The molecule has 0 bridgehead atoms. The summed E-state index contributed by atoms with van der Waals surface area (Å²) in [6.07, 6.45) is 0. The van der Waals surface area contributed by atoms with E-state index in [-0.39, 0.29) is 0 Å². The highest BCUT2D eigenvalue weighted by Crippen LogP contribution is 2.32. The average Bonchev–Trinajstić information content (AvgIpc) is 2.48. The van der Waals surface area contributed by atoms with Crippen molar-refractivity contribution in [1.82, 2.24) is 4.31 Å². The Bertz CT molecular complexity index is 735. The van der Waals surface area contributed by atoms with Gasteiger partial charge in [0, 0.05) is 35.0 Å². The van der Waals surface area contributed by atoms with Gasteiger partial charge in [-0.3, -0.25) is 0 Å². The molecule has 6 heteroatoms. The van der Waals surface area contributed by atoms with Gasteiger partial charge in [0.05, 0.1) is 4.90 Å². The number of halogens is 1. The van der Waals surface area contributed by atoms with Gasteiger partial charge in [-0.25, -0.2) is 8.42 Å². The zero-order chi connectivity index (χ0) is 14.2. The summed E-state index contributed by atoms with van der Waals surface area (Å²) in [5.41, 5.74) is 0. The maximum Gasteiger partial charge on any atom is 0.243 e. The highest BCUT2D eigenvalue weighted by molar-refractivity contribution is 7.99. The van der Waals surface area contributed by atoms with Crippen LogP contribution in [0.2, 0.25) is 5.02 Å². The van der Waals surface area contributed by atoms with Crippen LogP contribution in [0.4, 0.5) is 0 Å². The third-order valence-electron chi connectivity index (χ3n) is 3.40. The third kappa shape index (κ3) is 2.44. The molecule has 3 rings (SSSR count). The fraction of sp³-hybridized carbons (Fsp3) is 0.286. The lowest BCUT2D eigenvalue weighted by atomic mass is 10.1. The van der Waals surface area contributed by atoms with Crippen molar-refractivity contribution in [1.29, 1.82) is 0 Å². The minimum atomic E-state index is -3.48. The van der Waals surface area contributed by atoms with E-state index in [0.717, 1.165) is 16.9 Å². The number of sulfonamides is 1. The second-order valence-electron chi connectivity index (χ2n) is 4.61. The van der Waals surface area contributed by atoms with Gasteiger partial charge in [-0.1, -0.05) is 35.9 Å². The van der Waals surface area contributed by atoms with E-state index in [1.54, 1.807) is 34.3 Å². The highest BCUT2D eigenvalue weighted by atomic mass is 35.5. The standard InChI is InChI=1S/C14H14ClNO2S2/c15-12-5-1-3-11-4-2-6-13(14(11)12)20(17,18)16-7-9-19-10-8-16/h1-6H,7-10H2. The van der Waals surface area contributed by atoms with Crippen LogP contribution in [0.25, 0.3) is 10.8 Å². The molecule has 0 atom stereocenters. The molecule has 0 aromatic heterocycles. The first-order valence-corrected chi connectivity index (χ1v) is 9.33. The molecule has 0 saturated carbocycles. The maximum atomic E-state index is 12.8. The molecule has 0 spiro atoms. The minimum absolute atomic E-state index is 0.313. The topological polar surface area (TPSA) is 37.4 Å². The summed E-state index contributed by atoms with van der Waals surface area (Å²) in [5, 5.41) is 1.95. The van der Waals surface area contributed by atoms with Crippen molar-refractivity contribution < 1.29 is 8.42 Å². The van der Waals surface area contributed by atoms with Crippen molar-refractivity contribution in [2.24, 2.45) is 0 Å². The Labute approximate surface area is 128 Å². The van der Waals surface area contributed by atoms with E-state index < -0.39 is 10.0 Å². The van der Waals surface area contributed by atoms with Gasteiger partial charge in [0.15, 0.2) is 0 Å². The Balaban J connectivity index is 2.18.